The number of aryl methyl sites for hydroxylation is 1. The van der Waals surface area contributed by atoms with Crippen LogP contribution < -0.4 is 0 Å². The van der Waals surface area contributed by atoms with Crippen LogP contribution in [0.4, 0.5) is 4.39 Å². The van der Waals surface area contributed by atoms with E-state index in [1.54, 1.807) is 0 Å². The second-order valence-corrected chi connectivity index (χ2v) is 5.49. The standard InChI is InChI=1S/C17H12ClFN2O3/c1-10-2-4-11(5-3-10)16-20-15(24-21-16)9-23-17(22)13-7-6-12(19)8-14(13)18/h2-8H,9H2,1H3. The van der Waals surface area contributed by atoms with Gasteiger partial charge in [-0.25, -0.2) is 9.18 Å². The van der Waals surface area contributed by atoms with E-state index in [1.807, 2.05) is 31.2 Å². The molecule has 0 amide bonds. The highest BCUT2D eigenvalue weighted by Crippen LogP contribution is 2.20. The first-order valence-electron chi connectivity index (χ1n) is 7.05. The van der Waals surface area contributed by atoms with Gasteiger partial charge in [-0.15, -0.1) is 0 Å². The highest BCUT2D eigenvalue weighted by molar-refractivity contribution is 6.33. The molecule has 0 aliphatic carbocycles. The number of hydrogen-bond acceptors (Lipinski definition) is 5. The summed E-state index contributed by atoms with van der Waals surface area (Å²) < 4.78 is 23.1. The molecule has 0 aliphatic rings. The molecule has 0 unspecified atom stereocenters. The van der Waals surface area contributed by atoms with Crippen molar-refractivity contribution in [3.05, 3.63) is 70.3 Å². The minimum Gasteiger partial charge on any atom is -0.452 e. The van der Waals surface area contributed by atoms with E-state index in [0.717, 1.165) is 23.3 Å². The van der Waals surface area contributed by atoms with Crippen LogP contribution in [0.2, 0.25) is 5.02 Å². The molecular weight excluding hydrogens is 335 g/mol. The maximum atomic E-state index is 13.0. The molecular formula is C17H12ClFN2O3. The lowest BCUT2D eigenvalue weighted by Crippen LogP contribution is -2.06. The molecule has 2 aromatic carbocycles. The van der Waals surface area contributed by atoms with Crippen molar-refractivity contribution in [2.75, 3.05) is 0 Å². The molecule has 0 fully saturated rings. The van der Waals surface area contributed by atoms with E-state index < -0.39 is 11.8 Å². The van der Waals surface area contributed by atoms with Gasteiger partial charge in [0.05, 0.1) is 10.6 Å². The maximum absolute atomic E-state index is 13.0. The first-order chi connectivity index (χ1) is 11.5. The number of rotatable bonds is 4. The summed E-state index contributed by atoms with van der Waals surface area (Å²) in [6.45, 7) is 1.77. The van der Waals surface area contributed by atoms with Gasteiger partial charge in [-0.2, -0.15) is 4.98 Å². The van der Waals surface area contributed by atoms with Crippen LogP contribution in [0.3, 0.4) is 0 Å². The van der Waals surface area contributed by atoms with E-state index in [2.05, 4.69) is 10.1 Å². The lowest BCUT2D eigenvalue weighted by Gasteiger charge is -2.03. The van der Waals surface area contributed by atoms with Gasteiger partial charge in [-0.1, -0.05) is 46.6 Å². The molecule has 0 atom stereocenters. The third kappa shape index (κ3) is 3.60. The van der Waals surface area contributed by atoms with E-state index in [-0.39, 0.29) is 23.1 Å². The number of halogens is 2. The second-order valence-electron chi connectivity index (χ2n) is 5.08. The summed E-state index contributed by atoms with van der Waals surface area (Å²) in [7, 11) is 0. The quantitative estimate of drug-likeness (QED) is 0.662. The number of carbonyl (C=O) groups is 1. The van der Waals surface area contributed by atoms with Crippen molar-refractivity contribution in [1.82, 2.24) is 10.1 Å². The van der Waals surface area contributed by atoms with Crippen molar-refractivity contribution in [2.45, 2.75) is 13.5 Å². The van der Waals surface area contributed by atoms with Crippen molar-refractivity contribution in [3.8, 4) is 11.4 Å². The molecule has 0 bridgehead atoms. The predicted octanol–water partition coefficient (Wildman–Crippen LogP) is 4.19. The first-order valence-corrected chi connectivity index (χ1v) is 7.42. The van der Waals surface area contributed by atoms with E-state index in [0.29, 0.717) is 5.82 Å². The fraction of sp³-hybridized carbons (Fsp3) is 0.118. The smallest absolute Gasteiger partial charge is 0.340 e. The number of aromatic nitrogens is 2. The lowest BCUT2D eigenvalue weighted by atomic mass is 10.1. The number of carbonyl (C=O) groups excluding carboxylic acids is 1. The summed E-state index contributed by atoms with van der Waals surface area (Å²) in [5.41, 5.74) is 1.98. The molecule has 1 aromatic heterocycles. The average Bonchev–Trinajstić information content (AvgIpc) is 3.02. The zero-order valence-corrected chi connectivity index (χ0v) is 13.4. The Balaban J connectivity index is 1.67. The van der Waals surface area contributed by atoms with Crippen LogP contribution in [0, 0.1) is 12.7 Å². The Morgan fingerprint density at radius 2 is 2.00 bits per heavy atom. The molecule has 0 saturated heterocycles. The zero-order valence-electron chi connectivity index (χ0n) is 12.6. The molecule has 1 heterocycles. The molecule has 24 heavy (non-hydrogen) atoms. The molecule has 122 valence electrons. The molecule has 0 radical (unpaired) electrons. The third-order valence-corrected chi connectivity index (χ3v) is 3.57. The topological polar surface area (TPSA) is 65.2 Å². The van der Waals surface area contributed by atoms with Crippen molar-refractivity contribution in [3.63, 3.8) is 0 Å². The van der Waals surface area contributed by atoms with Crippen LogP contribution in [0.15, 0.2) is 47.0 Å². The van der Waals surface area contributed by atoms with Gasteiger partial charge in [0.2, 0.25) is 5.82 Å². The van der Waals surface area contributed by atoms with E-state index >= 15 is 0 Å². The first kappa shape index (κ1) is 16.1. The summed E-state index contributed by atoms with van der Waals surface area (Å²) >= 11 is 5.81. The van der Waals surface area contributed by atoms with Crippen molar-refractivity contribution >= 4 is 17.6 Å². The highest BCUT2D eigenvalue weighted by Gasteiger charge is 2.15. The van der Waals surface area contributed by atoms with Crippen molar-refractivity contribution < 1.29 is 18.4 Å². The summed E-state index contributed by atoms with van der Waals surface area (Å²) in [5.74, 6) is -0.677. The summed E-state index contributed by atoms with van der Waals surface area (Å²) in [5, 5.41) is 3.82. The minimum atomic E-state index is -0.699. The van der Waals surface area contributed by atoms with Crippen LogP contribution in [0.5, 0.6) is 0 Å². The maximum Gasteiger partial charge on any atom is 0.340 e. The van der Waals surface area contributed by atoms with E-state index in [4.69, 9.17) is 20.9 Å². The van der Waals surface area contributed by atoms with Gasteiger partial charge in [-0.3, -0.25) is 0 Å². The molecule has 3 rings (SSSR count). The zero-order chi connectivity index (χ0) is 17.1. The Kier molecular flexibility index (Phi) is 4.57. The Morgan fingerprint density at radius 1 is 1.25 bits per heavy atom. The Morgan fingerprint density at radius 3 is 2.71 bits per heavy atom. The highest BCUT2D eigenvalue weighted by atomic mass is 35.5. The largest absolute Gasteiger partial charge is 0.452 e. The number of nitrogens with zero attached hydrogens (tertiary/aromatic N) is 2. The van der Waals surface area contributed by atoms with Gasteiger partial charge in [0.25, 0.3) is 5.89 Å². The van der Waals surface area contributed by atoms with Crippen LogP contribution in [0.1, 0.15) is 21.8 Å². The fourth-order valence-electron chi connectivity index (χ4n) is 1.99. The normalized spacial score (nSPS) is 10.6. The van der Waals surface area contributed by atoms with Gasteiger partial charge in [0, 0.05) is 5.56 Å². The van der Waals surface area contributed by atoms with Crippen LogP contribution in [-0.2, 0) is 11.3 Å². The SMILES string of the molecule is Cc1ccc(-c2noc(COC(=O)c3ccc(F)cc3Cl)n2)cc1. The molecule has 0 N–H and O–H groups in total. The minimum absolute atomic E-state index is 0.0223. The number of ether oxygens (including phenoxy) is 1. The summed E-state index contributed by atoms with van der Waals surface area (Å²) in [4.78, 5) is 16.1. The summed E-state index contributed by atoms with van der Waals surface area (Å²) in [6, 6.07) is 11.0. The second kappa shape index (κ2) is 6.80. The Bertz CT molecular complexity index is 878. The Hall–Kier alpha value is -2.73. The number of esters is 1. The summed E-state index contributed by atoms with van der Waals surface area (Å²) in [6.07, 6.45) is 0. The molecule has 0 spiro atoms. The Labute approximate surface area is 142 Å². The molecule has 0 aliphatic heterocycles. The number of benzene rings is 2. The lowest BCUT2D eigenvalue weighted by molar-refractivity contribution is 0.0430. The van der Waals surface area contributed by atoms with Gasteiger partial charge in [0.15, 0.2) is 6.61 Å². The molecule has 0 saturated carbocycles. The van der Waals surface area contributed by atoms with E-state index in [1.165, 1.54) is 6.07 Å². The van der Waals surface area contributed by atoms with Crippen LogP contribution in [0.25, 0.3) is 11.4 Å². The van der Waals surface area contributed by atoms with Crippen molar-refractivity contribution in [2.24, 2.45) is 0 Å². The monoisotopic (exact) mass is 346 g/mol. The van der Waals surface area contributed by atoms with Crippen LogP contribution in [-0.4, -0.2) is 16.1 Å². The predicted molar refractivity (Wildman–Crippen MR) is 85.0 cm³/mol. The average molecular weight is 347 g/mol. The van der Waals surface area contributed by atoms with Crippen molar-refractivity contribution in [1.29, 1.82) is 0 Å². The number of hydrogen-bond donors (Lipinski definition) is 0. The molecule has 5 nitrogen and oxygen atoms in total. The van der Waals surface area contributed by atoms with Gasteiger partial charge in [0.1, 0.15) is 5.82 Å². The third-order valence-electron chi connectivity index (χ3n) is 3.26. The van der Waals surface area contributed by atoms with E-state index in [9.17, 15) is 9.18 Å². The fourth-order valence-corrected chi connectivity index (χ4v) is 2.24. The van der Waals surface area contributed by atoms with Crippen LogP contribution >= 0.6 is 11.6 Å². The van der Waals surface area contributed by atoms with Gasteiger partial charge >= 0.3 is 5.97 Å². The molecule has 3 aromatic rings. The van der Waals surface area contributed by atoms with Gasteiger partial charge < -0.3 is 9.26 Å². The van der Waals surface area contributed by atoms with Gasteiger partial charge in [-0.05, 0) is 25.1 Å². The molecule has 7 heteroatoms.